The Labute approximate surface area is 127 Å². The molecule has 0 aliphatic carbocycles. The first-order chi connectivity index (χ1) is 10.2. The van der Waals surface area contributed by atoms with Gasteiger partial charge in [-0.05, 0) is 61.7 Å². The van der Waals surface area contributed by atoms with Crippen LogP contribution < -0.4 is 10.1 Å². The van der Waals surface area contributed by atoms with Crippen molar-refractivity contribution in [2.75, 3.05) is 13.7 Å². The lowest BCUT2D eigenvalue weighted by Crippen LogP contribution is -2.25. The number of hydrogen-bond acceptors (Lipinski definition) is 3. The molecular formula is C18H24N2O. The summed E-state index contributed by atoms with van der Waals surface area (Å²) in [6.45, 7) is 7.35. The van der Waals surface area contributed by atoms with Crippen LogP contribution in [0.2, 0.25) is 0 Å². The lowest BCUT2D eigenvalue weighted by molar-refractivity contribution is 0.414. The lowest BCUT2D eigenvalue weighted by Gasteiger charge is -2.23. The molecule has 21 heavy (non-hydrogen) atoms. The molecular weight excluding hydrogens is 260 g/mol. The summed E-state index contributed by atoms with van der Waals surface area (Å²) >= 11 is 0. The third-order valence-electron chi connectivity index (χ3n) is 3.75. The molecule has 0 radical (unpaired) electrons. The van der Waals surface area contributed by atoms with Crippen LogP contribution in [0.4, 0.5) is 0 Å². The Morgan fingerprint density at radius 3 is 2.62 bits per heavy atom. The number of aromatic nitrogens is 1. The Bertz CT molecular complexity index is 596. The van der Waals surface area contributed by atoms with Crippen molar-refractivity contribution in [3.63, 3.8) is 0 Å². The van der Waals surface area contributed by atoms with Crippen LogP contribution in [0.3, 0.4) is 0 Å². The molecule has 1 unspecified atom stereocenters. The molecule has 1 heterocycles. The summed E-state index contributed by atoms with van der Waals surface area (Å²) in [5.74, 6) is 0.897. The fourth-order valence-corrected chi connectivity index (χ4v) is 2.58. The third kappa shape index (κ3) is 3.61. The van der Waals surface area contributed by atoms with E-state index in [2.05, 4.69) is 49.3 Å². The van der Waals surface area contributed by atoms with Crippen molar-refractivity contribution < 1.29 is 4.74 Å². The zero-order chi connectivity index (χ0) is 15.2. The van der Waals surface area contributed by atoms with Crippen LogP contribution in [-0.2, 0) is 0 Å². The summed E-state index contributed by atoms with van der Waals surface area (Å²) < 4.78 is 5.31. The van der Waals surface area contributed by atoms with E-state index in [1.54, 1.807) is 7.11 Å². The van der Waals surface area contributed by atoms with Crippen molar-refractivity contribution in [2.24, 2.45) is 0 Å². The van der Waals surface area contributed by atoms with Gasteiger partial charge in [0, 0.05) is 11.9 Å². The number of benzene rings is 1. The SMILES string of the molecule is CCCNC(c1ccc(OC)cc1C)c1cccnc1C. The summed E-state index contributed by atoms with van der Waals surface area (Å²) in [6, 6.07) is 10.6. The number of pyridine rings is 1. The van der Waals surface area contributed by atoms with Crippen LogP contribution in [0.1, 0.15) is 41.8 Å². The second-order valence-corrected chi connectivity index (χ2v) is 5.29. The molecule has 3 heteroatoms. The van der Waals surface area contributed by atoms with E-state index in [0.717, 1.165) is 24.4 Å². The molecule has 1 atom stereocenters. The first-order valence-electron chi connectivity index (χ1n) is 7.46. The molecule has 2 aromatic rings. The summed E-state index contributed by atoms with van der Waals surface area (Å²) in [7, 11) is 1.70. The van der Waals surface area contributed by atoms with Crippen molar-refractivity contribution >= 4 is 0 Å². The van der Waals surface area contributed by atoms with Crippen LogP contribution in [0.25, 0.3) is 0 Å². The van der Waals surface area contributed by atoms with Gasteiger partial charge < -0.3 is 10.1 Å². The van der Waals surface area contributed by atoms with Gasteiger partial charge in [-0.25, -0.2) is 0 Å². The number of nitrogens with one attached hydrogen (secondary N) is 1. The molecule has 0 spiro atoms. The Balaban J connectivity index is 2.43. The molecule has 3 nitrogen and oxygen atoms in total. The summed E-state index contributed by atoms with van der Waals surface area (Å²) in [6.07, 6.45) is 2.95. The molecule has 1 aromatic heterocycles. The lowest BCUT2D eigenvalue weighted by atomic mass is 9.94. The van der Waals surface area contributed by atoms with Crippen LogP contribution >= 0.6 is 0 Å². The highest BCUT2D eigenvalue weighted by Gasteiger charge is 2.18. The second kappa shape index (κ2) is 7.23. The Kier molecular flexibility index (Phi) is 5.34. The van der Waals surface area contributed by atoms with Crippen LogP contribution in [0.5, 0.6) is 5.75 Å². The Hall–Kier alpha value is -1.87. The topological polar surface area (TPSA) is 34.1 Å². The molecule has 0 amide bonds. The minimum Gasteiger partial charge on any atom is -0.497 e. The number of rotatable bonds is 6. The number of nitrogens with zero attached hydrogens (tertiary/aromatic N) is 1. The molecule has 0 aliphatic rings. The van der Waals surface area contributed by atoms with Crippen molar-refractivity contribution in [3.05, 3.63) is 58.9 Å². The molecule has 0 fully saturated rings. The van der Waals surface area contributed by atoms with E-state index in [9.17, 15) is 0 Å². The monoisotopic (exact) mass is 284 g/mol. The minimum absolute atomic E-state index is 0.171. The average molecular weight is 284 g/mol. The Morgan fingerprint density at radius 1 is 1.19 bits per heavy atom. The molecule has 1 aromatic carbocycles. The van der Waals surface area contributed by atoms with Gasteiger partial charge in [0.05, 0.1) is 13.2 Å². The molecule has 0 bridgehead atoms. The summed E-state index contributed by atoms with van der Waals surface area (Å²) in [5.41, 5.74) is 4.81. The largest absolute Gasteiger partial charge is 0.497 e. The fraction of sp³-hybridized carbons (Fsp3) is 0.389. The molecule has 1 N–H and O–H groups in total. The van der Waals surface area contributed by atoms with E-state index in [4.69, 9.17) is 4.74 Å². The maximum absolute atomic E-state index is 5.31. The molecule has 2 rings (SSSR count). The minimum atomic E-state index is 0.171. The predicted molar refractivity (Wildman–Crippen MR) is 86.8 cm³/mol. The number of aryl methyl sites for hydroxylation is 2. The summed E-state index contributed by atoms with van der Waals surface area (Å²) in [5, 5.41) is 3.64. The van der Waals surface area contributed by atoms with E-state index in [1.807, 2.05) is 18.3 Å². The van der Waals surface area contributed by atoms with Crippen LogP contribution in [-0.4, -0.2) is 18.6 Å². The van der Waals surface area contributed by atoms with Gasteiger partial charge in [-0.3, -0.25) is 4.98 Å². The van der Waals surface area contributed by atoms with E-state index < -0.39 is 0 Å². The standard InChI is InChI=1S/C18H24N2O/c1-5-10-20-18(17-7-6-11-19-14(17)3)16-9-8-15(21-4)12-13(16)2/h6-9,11-12,18,20H,5,10H2,1-4H3. The van der Waals surface area contributed by atoms with Gasteiger partial charge >= 0.3 is 0 Å². The highest BCUT2D eigenvalue weighted by molar-refractivity contribution is 5.42. The zero-order valence-corrected chi connectivity index (χ0v) is 13.3. The highest BCUT2D eigenvalue weighted by atomic mass is 16.5. The smallest absolute Gasteiger partial charge is 0.119 e. The van der Waals surface area contributed by atoms with E-state index in [0.29, 0.717) is 0 Å². The number of ether oxygens (including phenoxy) is 1. The quantitative estimate of drug-likeness (QED) is 0.876. The van der Waals surface area contributed by atoms with E-state index >= 15 is 0 Å². The van der Waals surface area contributed by atoms with Gasteiger partial charge in [0.15, 0.2) is 0 Å². The number of methoxy groups -OCH3 is 1. The maximum Gasteiger partial charge on any atom is 0.119 e. The maximum atomic E-state index is 5.31. The molecule has 112 valence electrons. The zero-order valence-electron chi connectivity index (χ0n) is 13.3. The molecule has 0 saturated carbocycles. The van der Waals surface area contributed by atoms with Gasteiger partial charge in [0.1, 0.15) is 5.75 Å². The van der Waals surface area contributed by atoms with Crippen LogP contribution in [0.15, 0.2) is 36.5 Å². The molecule has 0 aliphatic heterocycles. The first-order valence-corrected chi connectivity index (χ1v) is 7.46. The van der Waals surface area contributed by atoms with Gasteiger partial charge in [0.25, 0.3) is 0 Å². The van der Waals surface area contributed by atoms with Crippen molar-refractivity contribution in [3.8, 4) is 5.75 Å². The molecule has 0 saturated heterocycles. The predicted octanol–water partition coefficient (Wildman–Crippen LogP) is 3.80. The normalized spacial score (nSPS) is 12.2. The van der Waals surface area contributed by atoms with Gasteiger partial charge in [0.2, 0.25) is 0 Å². The third-order valence-corrected chi connectivity index (χ3v) is 3.75. The van der Waals surface area contributed by atoms with Crippen LogP contribution in [0, 0.1) is 13.8 Å². The second-order valence-electron chi connectivity index (χ2n) is 5.29. The van der Waals surface area contributed by atoms with Gasteiger partial charge in [-0.2, -0.15) is 0 Å². The Morgan fingerprint density at radius 2 is 2.00 bits per heavy atom. The van der Waals surface area contributed by atoms with Crippen molar-refractivity contribution in [1.29, 1.82) is 0 Å². The van der Waals surface area contributed by atoms with Crippen molar-refractivity contribution in [1.82, 2.24) is 10.3 Å². The van der Waals surface area contributed by atoms with Gasteiger partial charge in [-0.1, -0.05) is 19.1 Å². The first kappa shape index (κ1) is 15.5. The summed E-state index contributed by atoms with van der Waals surface area (Å²) in [4.78, 5) is 4.43. The van der Waals surface area contributed by atoms with E-state index in [1.165, 1.54) is 16.7 Å². The number of hydrogen-bond donors (Lipinski definition) is 1. The van der Waals surface area contributed by atoms with E-state index in [-0.39, 0.29) is 6.04 Å². The fourth-order valence-electron chi connectivity index (χ4n) is 2.58. The highest BCUT2D eigenvalue weighted by Crippen LogP contribution is 2.28. The van der Waals surface area contributed by atoms with Crippen molar-refractivity contribution in [2.45, 2.75) is 33.2 Å². The average Bonchev–Trinajstić information content (AvgIpc) is 2.50. The van der Waals surface area contributed by atoms with Gasteiger partial charge in [-0.15, -0.1) is 0 Å².